The molecule has 0 aromatic rings. The quantitative estimate of drug-likeness (QED) is 0.171. The molecule has 0 aromatic carbocycles. The Labute approximate surface area is 170 Å². The van der Waals surface area contributed by atoms with Crippen molar-refractivity contribution in [1.29, 1.82) is 0 Å². The molecule has 0 N–H and O–H groups in total. The van der Waals surface area contributed by atoms with Crippen LogP contribution in [-0.2, 0) is 14.3 Å². The Kier molecular flexibility index (Phi) is 18.4. The summed E-state index contributed by atoms with van der Waals surface area (Å²) in [5.74, 6) is 0.0564. The van der Waals surface area contributed by atoms with Gasteiger partial charge in [0.05, 0.1) is 6.10 Å². The lowest BCUT2D eigenvalue weighted by atomic mass is 10.0. The van der Waals surface area contributed by atoms with Gasteiger partial charge in [0.25, 0.3) is 0 Å². The van der Waals surface area contributed by atoms with Crippen molar-refractivity contribution in [2.75, 3.05) is 6.61 Å². The van der Waals surface area contributed by atoms with Crippen molar-refractivity contribution in [3.05, 3.63) is 0 Å². The number of esters is 1. The summed E-state index contributed by atoms with van der Waals surface area (Å²) >= 11 is 0. The van der Waals surface area contributed by atoms with Gasteiger partial charge < -0.3 is 9.47 Å². The number of unbranched alkanes of at least 4 members (excludes halogenated alkanes) is 13. The molecule has 0 spiro atoms. The van der Waals surface area contributed by atoms with E-state index in [-0.39, 0.29) is 24.1 Å². The molecule has 0 heterocycles. The number of hydrogen-bond donors (Lipinski definition) is 0. The Balaban J connectivity index is 3.40. The Bertz CT molecular complexity index is 328. The van der Waals surface area contributed by atoms with Gasteiger partial charge in [0.15, 0.2) is 0 Å². The lowest BCUT2D eigenvalue weighted by Gasteiger charge is -2.27. The molecule has 0 saturated heterocycles. The van der Waals surface area contributed by atoms with Crippen molar-refractivity contribution in [1.82, 2.24) is 0 Å². The molecule has 3 nitrogen and oxygen atoms in total. The van der Waals surface area contributed by atoms with Crippen molar-refractivity contribution < 1.29 is 14.3 Å². The average molecular weight is 385 g/mol. The molecule has 2 atom stereocenters. The van der Waals surface area contributed by atoms with E-state index in [4.69, 9.17) is 9.47 Å². The van der Waals surface area contributed by atoms with Crippen LogP contribution in [0.5, 0.6) is 0 Å². The third kappa shape index (κ3) is 17.3. The van der Waals surface area contributed by atoms with Crippen molar-refractivity contribution in [3.8, 4) is 0 Å². The third-order valence-electron chi connectivity index (χ3n) is 5.30. The Morgan fingerprint density at radius 1 is 0.704 bits per heavy atom. The van der Waals surface area contributed by atoms with Crippen LogP contribution in [0.25, 0.3) is 0 Å². The minimum Gasteiger partial charge on any atom is -0.460 e. The van der Waals surface area contributed by atoms with E-state index in [0.29, 0.717) is 0 Å². The first-order chi connectivity index (χ1) is 13.0. The largest absolute Gasteiger partial charge is 0.460 e. The van der Waals surface area contributed by atoms with Crippen molar-refractivity contribution in [2.24, 2.45) is 5.92 Å². The molecular formula is C24H48O3. The van der Waals surface area contributed by atoms with Crippen LogP contribution in [0.1, 0.15) is 125 Å². The van der Waals surface area contributed by atoms with E-state index in [1.165, 1.54) is 90.4 Å². The molecule has 0 amide bonds. The number of ether oxygens (including phenoxy) is 2. The highest BCUT2D eigenvalue weighted by Gasteiger charge is 2.24. The Morgan fingerprint density at radius 3 is 1.48 bits per heavy atom. The van der Waals surface area contributed by atoms with Crippen molar-refractivity contribution >= 4 is 5.97 Å². The topological polar surface area (TPSA) is 35.5 Å². The smallest absolute Gasteiger partial charge is 0.303 e. The van der Waals surface area contributed by atoms with Gasteiger partial charge in [-0.3, -0.25) is 4.79 Å². The fraction of sp³-hybridized carbons (Fsp3) is 0.958. The van der Waals surface area contributed by atoms with E-state index in [0.717, 1.165) is 13.0 Å². The van der Waals surface area contributed by atoms with Gasteiger partial charge in [-0.2, -0.15) is 0 Å². The monoisotopic (exact) mass is 384 g/mol. The van der Waals surface area contributed by atoms with Crippen LogP contribution in [-0.4, -0.2) is 24.8 Å². The maximum Gasteiger partial charge on any atom is 0.303 e. The maximum atomic E-state index is 11.2. The summed E-state index contributed by atoms with van der Waals surface area (Å²) in [5.41, 5.74) is 0. The number of carbonyl (C=O) groups is 1. The minimum atomic E-state index is -0.222. The molecule has 0 aliphatic heterocycles. The fourth-order valence-corrected chi connectivity index (χ4v) is 3.63. The van der Waals surface area contributed by atoms with E-state index < -0.39 is 0 Å². The molecule has 0 rings (SSSR count). The molecule has 3 heteroatoms. The number of hydrogen-bond acceptors (Lipinski definition) is 3. The van der Waals surface area contributed by atoms with Gasteiger partial charge in [-0.05, 0) is 19.3 Å². The standard InChI is InChI=1S/C24H48O3/c1-6-7-8-9-10-11-12-13-14-15-16-17-18-19-20-26-22(4)24(21(2)3)27-23(5)25/h21-22,24H,6-20H2,1-5H3. The van der Waals surface area contributed by atoms with Gasteiger partial charge in [-0.15, -0.1) is 0 Å². The van der Waals surface area contributed by atoms with Crippen LogP contribution >= 0.6 is 0 Å². The van der Waals surface area contributed by atoms with Crippen LogP contribution in [0.2, 0.25) is 0 Å². The molecule has 162 valence electrons. The van der Waals surface area contributed by atoms with Gasteiger partial charge in [-0.25, -0.2) is 0 Å². The summed E-state index contributed by atoms with van der Waals surface area (Å²) in [6.45, 7) is 10.7. The van der Waals surface area contributed by atoms with Gasteiger partial charge in [-0.1, -0.05) is 104 Å². The SMILES string of the molecule is CCCCCCCCCCCCCCCCOC(C)C(OC(C)=O)C(C)C. The van der Waals surface area contributed by atoms with Crippen LogP contribution in [0.15, 0.2) is 0 Å². The summed E-state index contributed by atoms with van der Waals surface area (Å²) in [6.07, 6.45) is 19.0. The van der Waals surface area contributed by atoms with Crippen LogP contribution in [0.4, 0.5) is 0 Å². The average Bonchev–Trinajstić information content (AvgIpc) is 2.62. The predicted molar refractivity (Wildman–Crippen MR) is 116 cm³/mol. The van der Waals surface area contributed by atoms with Crippen molar-refractivity contribution in [2.45, 2.75) is 137 Å². The summed E-state index contributed by atoms with van der Waals surface area (Å²) < 4.78 is 11.3. The molecule has 0 radical (unpaired) electrons. The Hall–Kier alpha value is -0.570. The number of rotatable bonds is 19. The molecule has 0 saturated carbocycles. The first-order valence-electron chi connectivity index (χ1n) is 11.8. The van der Waals surface area contributed by atoms with Crippen LogP contribution in [0, 0.1) is 5.92 Å². The van der Waals surface area contributed by atoms with Crippen LogP contribution < -0.4 is 0 Å². The fourth-order valence-electron chi connectivity index (χ4n) is 3.63. The van der Waals surface area contributed by atoms with Gasteiger partial charge in [0.2, 0.25) is 0 Å². The summed E-state index contributed by atoms with van der Waals surface area (Å²) in [7, 11) is 0. The summed E-state index contributed by atoms with van der Waals surface area (Å²) in [5, 5.41) is 0. The zero-order valence-electron chi connectivity index (χ0n) is 19.1. The second kappa shape index (κ2) is 18.8. The number of carbonyl (C=O) groups excluding carboxylic acids is 1. The third-order valence-corrected chi connectivity index (χ3v) is 5.30. The van der Waals surface area contributed by atoms with Crippen LogP contribution in [0.3, 0.4) is 0 Å². The normalized spacial score (nSPS) is 13.7. The van der Waals surface area contributed by atoms with E-state index in [1.807, 2.05) is 6.92 Å². The van der Waals surface area contributed by atoms with Gasteiger partial charge in [0, 0.05) is 13.5 Å². The first-order valence-corrected chi connectivity index (χ1v) is 11.8. The summed E-state index contributed by atoms with van der Waals surface area (Å²) in [6, 6.07) is 0. The zero-order valence-corrected chi connectivity index (χ0v) is 19.1. The highest BCUT2D eigenvalue weighted by Crippen LogP contribution is 2.16. The highest BCUT2D eigenvalue weighted by atomic mass is 16.6. The lowest BCUT2D eigenvalue weighted by Crippen LogP contribution is -2.35. The Morgan fingerprint density at radius 2 is 1.11 bits per heavy atom. The van der Waals surface area contributed by atoms with E-state index >= 15 is 0 Å². The maximum absolute atomic E-state index is 11.2. The first kappa shape index (κ1) is 26.4. The van der Waals surface area contributed by atoms with E-state index in [2.05, 4.69) is 20.8 Å². The molecular weight excluding hydrogens is 336 g/mol. The molecule has 2 unspecified atom stereocenters. The summed E-state index contributed by atoms with van der Waals surface area (Å²) in [4.78, 5) is 11.2. The zero-order chi connectivity index (χ0) is 20.3. The molecule has 0 bridgehead atoms. The van der Waals surface area contributed by atoms with Gasteiger partial charge in [0.1, 0.15) is 6.10 Å². The molecule has 0 fully saturated rings. The molecule has 0 aromatic heterocycles. The van der Waals surface area contributed by atoms with Gasteiger partial charge >= 0.3 is 5.97 Å². The van der Waals surface area contributed by atoms with E-state index in [9.17, 15) is 4.79 Å². The second-order valence-corrected chi connectivity index (χ2v) is 8.49. The minimum absolute atomic E-state index is 0.0316. The van der Waals surface area contributed by atoms with Crippen molar-refractivity contribution in [3.63, 3.8) is 0 Å². The molecule has 0 aliphatic carbocycles. The lowest BCUT2D eigenvalue weighted by molar-refractivity contribution is -0.158. The highest BCUT2D eigenvalue weighted by molar-refractivity contribution is 5.66. The second-order valence-electron chi connectivity index (χ2n) is 8.49. The predicted octanol–water partition coefficient (Wildman–Crippen LogP) is 7.46. The van der Waals surface area contributed by atoms with E-state index in [1.54, 1.807) is 0 Å². The molecule has 0 aliphatic rings. The molecule has 27 heavy (non-hydrogen) atoms.